The van der Waals surface area contributed by atoms with Crippen LogP contribution < -0.4 is 0 Å². The average Bonchev–Trinajstić information content (AvgIpc) is 1.89. The summed E-state index contributed by atoms with van der Waals surface area (Å²) >= 11 is 0. The van der Waals surface area contributed by atoms with Gasteiger partial charge in [0.1, 0.15) is 0 Å². The summed E-state index contributed by atoms with van der Waals surface area (Å²) in [5, 5.41) is 8.70. The third kappa shape index (κ3) is 1.30. The van der Waals surface area contributed by atoms with E-state index in [2.05, 4.69) is 6.07 Å². The Hall–Kier alpha value is -0.820. The smallest absolute Gasteiger partial charge is 0.0684 e. The third-order valence-corrected chi connectivity index (χ3v) is 1.35. The Kier molecular flexibility index (Phi) is 1.85. The molecule has 0 aromatic heterocycles. The van der Waals surface area contributed by atoms with Gasteiger partial charge in [0, 0.05) is 0 Å². The number of aliphatic hydroxyl groups is 1. The van der Waals surface area contributed by atoms with Crippen molar-refractivity contribution in [2.45, 2.75) is 13.5 Å². The lowest BCUT2D eigenvalue weighted by Crippen LogP contribution is -1.85. The highest BCUT2D eigenvalue weighted by Gasteiger charge is 1.91. The van der Waals surface area contributed by atoms with E-state index < -0.39 is 0 Å². The maximum atomic E-state index is 8.70. The zero-order valence-corrected chi connectivity index (χ0v) is 5.39. The highest BCUT2D eigenvalue weighted by atomic mass is 16.3. The molecular formula is C8H9O. The van der Waals surface area contributed by atoms with E-state index >= 15 is 0 Å². The Morgan fingerprint density at radius 3 is 2.89 bits per heavy atom. The van der Waals surface area contributed by atoms with Crippen LogP contribution in [-0.2, 0) is 6.61 Å². The normalized spacial score (nSPS) is 9.56. The lowest BCUT2D eigenvalue weighted by Gasteiger charge is -1.97. The summed E-state index contributed by atoms with van der Waals surface area (Å²) < 4.78 is 0. The van der Waals surface area contributed by atoms with Crippen LogP contribution in [0.2, 0.25) is 0 Å². The Bertz CT molecular complexity index is 194. The molecule has 0 spiro atoms. The molecule has 1 aromatic rings. The molecule has 0 saturated carbocycles. The first-order chi connectivity index (χ1) is 4.34. The largest absolute Gasteiger partial charge is 0.392 e. The number of hydrogen-bond donors (Lipinski definition) is 1. The van der Waals surface area contributed by atoms with Crippen LogP contribution in [-0.4, -0.2) is 5.11 Å². The Balaban J connectivity index is 3.01. The van der Waals surface area contributed by atoms with Gasteiger partial charge in [-0.05, 0) is 24.1 Å². The van der Waals surface area contributed by atoms with E-state index in [0.29, 0.717) is 0 Å². The standard InChI is InChI=1S/C8H9O/c1-7-4-2-3-5-8(7)6-9/h2-3,5,9H,6H2,1H3. The first-order valence-corrected chi connectivity index (χ1v) is 2.91. The van der Waals surface area contributed by atoms with Gasteiger partial charge in [-0.3, -0.25) is 0 Å². The van der Waals surface area contributed by atoms with Crippen molar-refractivity contribution in [1.29, 1.82) is 0 Å². The first-order valence-electron chi connectivity index (χ1n) is 2.91. The molecule has 0 atom stereocenters. The minimum absolute atomic E-state index is 0.114. The Morgan fingerprint density at radius 2 is 2.44 bits per heavy atom. The van der Waals surface area contributed by atoms with Gasteiger partial charge in [0.15, 0.2) is 0 Å². The summed E-state index contributed by atoms with van der Waals surface area (Å²) in [5.74, 6) is 0. The maximum absolute atomic E-state index is 8.70. The van der Waals surface area contributed by atoms with Gasteiger partial charge in [0.25, 0.3) is 0 Å². The maximum Gasteiger partial charge on any atom is 0.0684 e. The lowest BCUT2D eigenvalue weighted by molar-refractivity contribution is 0.281. The molecule has 0 saturated heterocycles. The van der Waals surface area contributed by atoms with Gasteiger partial charge in [-0.1, -0.05) is 18.2 Å². The van der Waals surface area contributed by atoms with Crippen molar-refractivity contribution < 1.29 is 5.11 Å². The van der Waals surface area contributed by atoms with Crippen molar-refractivity contribution in [3.63, 3.8) is 0 Å². The molecular weight excluding hydrogens is 112 g/mol. The predicted molar refractivity (Wildman–Crippen MR) is 35.9 cm³/mol. The van der Waals surface area contributed by atoms with E-state index in [1.165, 1.54) is 0 Å². The zero-order valence-electron chi connectivity index (χ0n) is 5.39. The Labute approximate surface area is 55.0 Å². The molecule has 0 aliphatic heterocycles. The van der Waals surface area contributed by atoms with Crippen LogP contribution >= 0.6 is 0 Å². The van der Waals surface area contributed by atoms with E-state index in [1.807, 2.05) is 25.1 Å². The summed E-state index contributed by atoms with van der Waals surface area (Å²) in [6.45, 7) is 2.05. The molecule has 1 nitrogen and oxygen atoms in total. The second kappa shape index (κ2) is 2.65. The molecule has 0 aliphatic rings. The minimum atomic E-state index is 0.114. The van der Waals surface area contributed by atoms with E-state index in [9.17, 15) is 0 Å². The molecule has 9 heavy (non-hydrogen) atoms. The van der Waals surface area contributed by atoms with Gasteiger partial charge < -0.3 is 5.11 Å². The van der Waals surface area contributed by atoms with Crippen LogP contribution in [0.1, 0.15) is 11.1 Å². The molecule has 47 valence electrons. The number of hydrogen-bond acceptors (Lipinski definition) is 1. The lowest BCUT2D eigenvalue weighted by atomic mass is 10.1. The Morgan fingerprint density at radius 1 is 1.67 bits per heavy atom. The van der Waals surface area contributed by atoms with Gasteiger partial charge in [0.05, 0.1) is 6.61 Å². The molecule has 0 unspecified atom stereocenters. The highest BCUT2D eigenvalue weighted by Crippen LogP contribution is 2.04. The summed E-state index contributed by atoms with van der Waals surface area (Å²) in [6, 6.07) is 8.60. The zero-order chi connectivity index (χ0) is 6.69. The predicted octanol–water partition coefficient (Wildman–Crippen LogP) is 1.29. The molecule has 1 heteroatoms. The fourth-order valence-corrected chi connectivity index (χ4v) is 0.726. The first kappa shape index (κ1) is 6.30. The number of rotatable bonds is 1. The molecule has 1 N–H and O–H groups in total. The molecule has 1 rings (SSSR count). The van der Waals surface area contributed by atoms with Crippen LogP contribution in [0.3, 0.4) is 0 Å². The van der Waals surface area contributed by atoms with E-state index in [4.69, 9.17) is 5.11 Å². The highest BCUT2D eigenvalue weighted by molar-refractivity contribution is 5.23. The number of aliphatic hydroxyl groups excluding tert-OH is 1. The van der Waals surface area contributed by atoms with Gasteiger partial charge in [-0.25, -0.2) is 0 Å². The van der Waals surface area contributed by atoms with Crippen LogP contribution in [0.15, 0.2) is 18.2 Å². The fourth-order valence-electron chi connectivity index (χ4n) is 0.726. The van der Waals surface area contributed by atoms with Crippen LogP contribution in [0.25, 0.3) is 0 Å². The van der Waals surface area contributed by atoms with Gasteiger partial charge in [0.2, 0.25) is 0 Å². The molecule has 0 amide bonds. The quantitative estimate of drug-likeness (QED) is 0.593. The molecule has 1 aromatic carbocycles. The van der Waals surface area contributed by atoms with Gasteiger partial charge >= 0.3 is 0 Å². The van der Waals surface area contributed by atoms with Crippen molar-refractivity contribution >= 4 is 0 Å². The molecule has 0 fully saturated rings. The second-order valence-electron chi connectivity index (χ2n) is 1.98. The van der Waals surface area contributed by atoms with E-state index in [-0.39, 0.29) is 6.61 Å². The number of benzene rings is 1. The number of aryl methyl sites for hydroxylation is 1. The van der Waals surface area contributed by atoms with Crippen LogP contribution in [0, 0.1) is 13.0 Å². The van der Waals surface area contributed by atoms with Crippen molar-refractivity contribution in [2.75, 3.05) is 0 Å². The SMILES string of the molecule is Cc1[c]cccc1CO. The molecule has 0 aliphatic carbocycles. The van der Waals surface area contributed by atoms with Gasteiger partial charge in [-0.15, -0.1) is 0 Å². The third-order valence-electron chi connectivity index (χ3n) is 1.35. The summed E-state index contributed by atoms with van der Waals surface area (Å²) in [5.41, 5.74) is 1.98. The van der Waals surface area contributed by atoms with E-state index in [0.717, 1.165) is 11.1 Å². The average molecular weight is 121 g/mol. The van der Waals surface area contributed by atoms with Gasteiger partial charge in [-0.2, -0.15) is 0 Å². The second-order valence-corrected chi connectivity index (χ2v) is 1.98. The summed E-state index contributed by atoms with van der Waals surface area (Å²) in [4.78, 5) is 0. The van der Waals surface area contributed by atoms with Crippen molar-refractivity contribution in [2.24, 2.45) is 0 Å². The van der Waals surface area contributed by atoms with Crippen LogP contribution in [0.5, 0.6) is 0 Å². The topological polar surface area (TPSA) is 20.2 Å². The molecule has 1 radical (unpaired) electrons. The molecule has 0 heterocycles. The monoisotopic (exact) mass is 121 g/mol. The minimum Gasteiger partial charge on any atom is -0.392 e. The summed E-state index contributed by atoms with van der Waals surface area (Å²) in [7, 11) is 0. The summed E-state index contributed by atoms with van der Waals surface area (Å²) in [6.07, 6.45) is 0. The molecule has 0 bridgehead atoms. The van der Waals surface area contributed by atoms with E-state index in [1.54, 1.807) is 0 Å². The van der Waals surface area contributed by atoms with Crippen molar-refractivity contribution in [3.05, 3.63) is 35.4 Å². The van der Waals surface area contributed by atoms with Crippen molar-refractivity contribution in [1.82, 2.24) is 0 Å². The van der Waals surface area contributed by atoms with Crippen molar-refractivity contribution in [3.8, 4) is 0 Å². The fraction of sp³-hybridized carbons (Fsp3) is 0.250. The van der Waals surface area contributed by atoms with Crippen LogP contribution in [0.4, 0.5) is 0 Å².